The Morgan fingerprint density at radius 1 is 1.33 bits per heavy atom. The Labute approximate surface area is 145 Å². The summed E-state index contributed by atoms with van der Waals surface area (Å²) >= 11 is 1.50. The molecule has 2 heterocycles. The number of hydrogen-bond donors (Lipinski definition) is 2. The summed E-state index contributed by atoms with van der Waals surface area (Å²) in [6, 6.07) is 0. The summed E-state index contributed by atoms with van der Waals surface area (Å²) in [4.78, 5) is 25.4. The predicted molar refractivity (Wildman–Crippen MR) is 94.3 cm³/mol. The maximum atomic E-state index is 12.3. The maximum absolute atomic E-state index is 12.3. The molecule has 2 amide bonds. The van der Waals surface area contributed by atoms with Gasteiger partial charge in [0.2, 0.25) is 5.91 Å². The average Bonchev–Trinajstić information content (AvgIpc) is 3.05. The number of aryl methyl sites for hydroxylation is 2. The van der Waals surface area contributed by atoms with E-state index in [2.05, 4.69) is 10.4 Å². The Bertz CT molecular complexity index is 763. The van der Waals surface area contributed by atoms with E-state index >= 15 is 0 Å². The minimum atomic E-state index is -0.455. The molecule has 0 aliphatic heterocycles. The molecule has 0 saturated carbocycles. The molecular formula is C17H22N4O2S. The standard InChI is InChI=1S/C17H22N4O2S/c1-2-21-10-11(9-19-21)8-14(22)20-17-15(16(18)23)12-6-4-3-5-7-13(12)24-17/h9-10H,2-8H2,1H3,(H2,18,23)(H,20,22). The van der Waals surface area contributed by atoms with Crippen LogP contribution in [0.15, 0.2) is 12.4 Å². The lowest BCUT2D eigenvalue weighted by atomic mass is 10.1. The van der Waals surface area contributed by atoms with Crippen molar-refractivity contribution in [3.63, 3.8) is 0 Å². The lowest BCUT2D eigenvalue weighted by Gasteiger charge is -2.05. The molecule has 2 aromatic heterocycles. The van der Waals surface area contributed by atoms with Crippen molar-refractivity contribution >= 4 is 28.2 Å². The number of aromatic nitrogens is 2. The van der Waals surface area contributed by atoms with Crippen molar-refractivity contribution in [3.05, 3.63) is 34.0 Å². The first-order chi connectivity index (χ1) is 11.6. The molecule has 0 spiro atoms. The molecule has 0 radical (unpaired) electrons. The summed E-state index contributed by atoms with van der Waals surface area (Å²) < 4.78 is 1.78. The average molecular weight is 346 g/mol. The minimum Gasteiger partial charge on any atom is -0.365 e. The first-order valence-electron chi connectivity index (χ1n) is 8.34. The molecule has 24 heavy (non-hydrogen) atoms. The smallest absolute Gasteiger partial charge is 0.251 e. The second-order valence-corrected chi connectivity index (χ2v) is 7.17. The van der Waals surface area contributed by atoms with Crippen molar-refractivity contribution in [2.75, 3.05) is 5.32 Å². The fourth-order valence-corrected chi connectivity index (χ4v) is 4.43. The van der Waals surface area contributed by atoms with Gasteiger partial charge in [0.25, 0.3) is 5.91 Å². The fourth-order valence-electron chi connectivity index (χ4n) is 3.12. The van der Waals surface area contributed by atoms with E-state index in [0.29, 0.717) is 10.6 Å². The summed E-state index contributed by atoms with van der Waals surface area (Å²) in [5, 5.41) is 7.66. The van der Waals surface area contributed by atoms with Gasteiger partial charge in [0.15, 0.2) is 0 Å². The molecule has 1 aliphatic rings. The molecule has 3 N–H and O–H groups in total. The molecule has 0 saturated heterocycles. The monoisotopic (exact) mass is 346 g/mol. The van der Waals surface area contributed by atoms with Crippen LogP contribution in [-0.2, 0) is 30.6 Å². The number of carbonyl (C=O) groups is 2. The second kappa shape index (κ2) is 7.17. The van der Waals surface area contributed by atoms with Gasteiger partial charge in [-0.15, -0.1) is 11.3 Å². The van der Waals surface area contributed by atoms with Crippen molar-refractivity contribution in [2.24, 2.45) is 5.73 Å². The van der Waals surface area contributed by atoms with Crippen molar-refractivity contribution in [1.82, 2.24) is 9.78 Å². The lowest BCUT2D eigenvalue weighted by molar-refractivity contribution is -0.115. The maximum Gasteiger partial charge on any atom is 0.251 e. The van der Waals surface area contributed by atoms with Crippen LogP contribution in [0.3, 0.4) is 0 Å². The van der Waals surface area contributed by atoms with Gasteiger partial charge >= 0.3 is 0 Å². The largest absolute Gasteiger partial charge is 0.365 e. The highest BCUT2D eigenvalue weighted by Crippen LogP contribution is 2.37. The molecule has 1 aliphatic carbocycles. The number of fused-ring (bicyclic) bond motifs is 1. The van der Waals surface area contributed by atoms with Crippen LogP contribution < -0.4 is 11.1 Å². The van der Waals surface area contributed by atoms with E-state index in [1.165, 1.54) is 22.6 Å². The third kappa shape index (κ3) is 3.51. The van der Waals surface area contributed by atoms with E-state index in [9.17, 15) is 9.59 Å². The third-order valence-corrected chi connectivity index (χ3v) is 5.50. The highest BCUT2D eigenvalue weighted by molar-refractivity contribution is 7.17. The zero-order chi connectivity index (χ0) is 17.1. The van der Waals surface area contributed by atoms with Crippen LogP contribution in [0.2, 0.25) is 0 Å². The number of carbonyl (C=O) groups excluding carboxylic acids is 2. The van der Waals surface area contributed by atoms with Gasteiger partial charge < -0.3 is 11.1 Å². The number of thiophene rings is 1. The van der Waals surface area contributed by atoms with Crippen LogP contribution >= 0.6 is 11.3 Å². The molecular weight excluding hydrogens is 324 g/mol. The zero-order valence-corrected chi connectivity index (χ0v) is 14.6. The fraction of sp³-hybridized carbons (Fsp3) is 0.471. The van der Waals surface area contributed by atoms with Crippen molar-refractivity contribution in [1.29, 1.82) is 0 Å². The molecule has 0 atom stereocenters. The van der Waals surface area contributed by atoms with Gasteiger partial charge in [0.1, 0.15) is 5.00 Å². The lowest BCUT2D eigenvalue weighted by Crippen LogP contribution is -2.19. The van der Waals surface area contributed by atoms with E-state index in [1.807, 2.05) is 13.1 Å². The third-order valence-electron chi connectivity index (χ3n) is 4.30. The topological polar surface area (TPSA) is 90.0 Å². The number of amides is 2. The van der Waals surface area contributed by atoms with Gasteiger partial charge in [-0.2, -0.15) is 5.10 Å². The Morgan fingerprint density at radius 2 is 2.12 bits per heavy atom. The van der Waals surface area contributed by atoms with Gasteiger partial charge in [-0.05, 0) is 43.7 Å². The van der Waals surface area contributed by atoms with Crippen LogP contribution in [0.5, 0.6) is 0 Å². The van der Waals surface area contributed by atoms with Gasteiger partial charge in [-0.25, -0.2) is 0 Å². The molecule has 128 valence electrons. The highest BCUT2D eigenvalue weighted by atomic mass is 32.1. The molecule has 6 nitrogen and oxygen atoms in total. The number of primary amides is 1. The van der Waals surface area contributed by atoms with E-state index < -0.39 is 5.91 Å². The molecule has 7 heteroatoms. The van der Waals surface area contributed by atoms with Crippen LogP contribution in [0.1, 0.15) is 52.5 Å². The first-order valence-corrected chi connectivity index (χ1v) is 9.15. The SMILES string of the molecule is CCn1cc(CC(=O)Nc2sc3c(c2C(N)=O)CCCCC3)cn1. The normalized spacial score (nSPS) is 14.0. The summed E-state index contributed by atoms with van der Waals surface area (Å²) in [6.45, 7) is 2.76. The Kier molecular flexibility index (Phi) is 4.99. The van der Waals surface area contributed by atoms with Crippen LogP contribution in [-0.4, -0.2) is 21.6 Å². The number of hydrogen-bond acceptors (Lipinski definition) is 4. The van der Waals surface area contributed by atoms with Crippen LogP contribution in [0.4, 0.5) is 5.00 Å². The molecule has 0 fully saturated rings. The van der Waals surface area contributed by atoms with Crippen LogP contribution in [0, 0.1) is 0 Å². The van der Waals surface area contributed by atoms with Crippen molar-refractivity contribution in [3.8, 4) is 0 Å². The van der Waals surface area contributed by atoms with E-state index in [-0.39, 0.29) is 12.3 Å². The van der Waals surface area contributed by atoms with Gasteiger partial charge in [0, 0.05) is 17.6 Å². The quantitative estimate of drug-likeness (QED) is 0.815. The molecule has 0 aromatic carbocycles. The summed E-state index contributed by atoms with van der Waals surface area (Å²) in [7, 11) is 0. The first kappa shape index (κ1) is 16.7. The predicted octanol–water partition coefficient (Wildman–Crippen LogP) is 2.51. The summed E-state index contributed by atoms with van der Waals surface area (Å²) in [5.41, 5.74) is 7.99. The number of rotatable bonds is 5. The van der Waals surface area contributed by atoms with Crippen LogP contribution in [0.25, 0.3) is 0 Å². The van der Waals surface area contributed by atoms with Crippen molar-refractivity contribution < 1.29 is 9.59 Å². The van der Waals surface area contributed by atoms with Crippen molar-refractivity contribution in [2.45, 2.75) is 52.0 Å². The number of anilines is 1. The summed E-state index contributed by atoms with van der Waals surface area (Å²) in [6.07, 6.45) is 8.97. The second-order valence-electron chi connectivity index (χ2n) is 6.06. The summed E-state index contributed by atoms with van der Waals surface area (Å²) in [5.74, 6) is -0.604. The molecule has 2 aromatic rings. The van der Waals surface area contributed by atoms with Gasteiger partial charge in [-0.3, -0.25) is 14.3 Å². The number of nitrogens with one attached hydrogen (secondary N) is 1. The Morgan fingerprint density at radius 3 is 2.83 bits per heavy atom. The minimum absolute atomic E-state index is 0.149. The van der Waals surface area contributed by atoms with E-state index in [1.54, 1.807) is 10.9 Å². The van der Waals surface area contributed by atoms with Gasteiger partial charge in [0.05, 0.1) is 18.2 Å². The van der Waals surface area contributed by atoms with E-state index in [4.69, 9.17) is 5.73 Å². The zero-order valence-electron chi connectivity index (χ0n) is 13.8. The van der Waals surface area contributed by atoms with E-state index in [0.717, 1.165) is 43.4 Å². The highest BCUT2D eigenvalue weighted by Gasteiger charge is 2.24. The molecule has 3 rings (SSSR count). The molecule has 0 unspecified atom stereocenters. The number of nitrogens with zero attached hydrogens (tertiary/aromatic N) is 2. The molecule has 0 bridgehead atoms. The number of nitrogens with two attached hydrogens (primary N) is 1. The Balaban J connectivity index is 1.78. The Hall–Kier alpha value is -2.15. The van der Waals surface area contributed by atoms with Gasteiger partial charge in [-0.1, -0.05) is 6.42 Å².